The molecule has 0 bridgehead atoms. The van der Waals surface area contributed by atoms with Crippen LogP contribution in [0.3, 0.4) is 0 Å². The van der Waals surface area contributed by atoms with Crippen LogP contribution in [-0.4, -0.2) is 41.4 Å². The highest BCUT2D eigenvalue weighted by atomic mass is 19.1. The molecule has 2 rings (SSSR count). The molecule has 1 aromatic carbocycles. The van der Waals surface area contributed by atoms with Crippen molar-refractivity contribution < 1.29 is 9.18 Å². The van der Waals surface area contributed by atoms with Gasteiger partial charge in [0.05, 0.1) is 6.54 Å². The van der Waals surface area contributed by atoms with Gasteiger partial charge in [0.2, 0.25) is 5.91 Å². The maximum Gasteiger partial charge on any atom is 0.237 e. The largest absolute Gasteiger partial charge is 0.339 e. The van der Waals surface area contributed by atoms with Crippen LogP contribution in [0, 0.1) is 5.82 Å². The molecule has 1 aromatic rings. The Balaban J connectivity index is 1.99. The van der Waals surface area contributed by atoms with Crippen LogP contribution in [0.2, 0.25) is 0 Å². The third kappa shape index (κ3) is 4.39. The van der Waals surface area contributed by atoms with Crippen molar-refractivity contribution in [3.05, 3.63) is 48.3 Å². The zero-order valence-electron chi connectivity index (χ0n) is 12.6. The van der Waals surface area contributed by atoms with Crippen molar-refractivity contribution in [3.8, 4) is 0 Å². The van der Waals surface area contributed by atoms with E-state index in [0.717, 1.165) is 19.4 Å². The van der Waals surface area contributed by atoms with Gasteiger partial charge >= 0.3 is 0 Å². The lowest BCUT2D eigenvalue weighted by atomic mass is 10.2. The molecule has 0 heterocycles. The second-order valence-electron chi connectivity index (χ2n) is 5.46. The molecule has 0 unspecified atom stereocenters. The highest BCUT2D eigenvalue weighted by molar-refractivity contribution is 5.79. The number of hydrogen-bond donors (Lipinski definition) is 0. The minimum Gasteiger partial charge on any atom is -0.339 e. The topological polar surface area (TPSA) is 23.6 Å². The first kappa shape index (κ1) is 15.7. The van der Waals surface area contributed by atoms with Gasteiger partial charge < -0.3 is 4.90 Å². The first-order valence-electron chi connectivity index (χ1n) is 7.51. The number of nitrogens with zero attached hydrogens (tertiary/aromatic N) is 2. The smallest absolute Gasteiger partial charge is 0.237 e. The lowest BCUT2D eigenvalue weighted by molar-refractivity contribution is -0.132. The van der Waals surface area contributed by atoms with Crippen LogP contribution in [0.25, 0.3) is 0 Å². The van der Waals surface area contributed by atoms with Gasteiger partial charge in [-0.25, -0.2) is 4.39 Å². The van der Waals surface area contributed by atoms with Gasteiger partial charge in [-0.3, -0.25) is 9.69 Å². The van der Waals surface area contributed by atoms with Gasteiger partial charge in [-0.2, -0.15) is 0 Å². The molecule has 1 aliphatic carbocycles. The summed E-state index contributed by atoms with van der Waals surface area (Å²) in [6, 6.07) is 7.12. The highest BCUT2D eigenvalue weighted by Crippen LogP contribution is 2.26. The van der Waals surface area contributed by atoms with Gasteiger partial charge in [-0.15, -0.1) is 6.58 Å². The summed E-state index contributed by atoms with van der Waals surface area (Å²) in [5.41, 5.74) is 0.613. The molecule has 21 heavy (non-hydrogen) atoms. The fraction of sp³-hybridized carbons (Fsp3) is 0.471. The van der Waals surface area contributed by atoms with Crippen LogP contribution in [0.1, 0.15) is 25.3 Å². The second-order valence-corrected chi connectivity index (χ2v) is 5.46. The van der Waals surface area contributed by atoms with Gasteiger partial charge in [-0.05, 0) is 25.8 Å². The van der Waals surface area contributed by atoms with Gasteiger partial charge in [0.1, 0.15) is 5.82 Å². The van der Waals surface area contributed by atoms with E-state index in [4.69, 9.17) is 0 Å². The Morgan fingerprint density at radius 2 is 2.14 bits per heavy atom. The van der Waals surface area contributed by atoms with E-state index in [9.17, 15) is 9.18 Å². The Morgan fingerprint density at radius 3 is 2.71 bits per heavy atom. The van der Waals surface area contributed by atoms with Crippen molar-refractivity contribution in [2.24, 2.45) is 0 Å². The van der Waals surface area contributed by atoms with Crippen molar-refractivity contribution in [1.82, 2.24) is 9.80 Å². The summed E-state index contributed by atoms with van der Waals surface area (Å²) in [6.45, 7) is 7.78. The molecule has 1 amide bonds. The van der Waals surface area contributed by atoms with Crippen molar-refractivity contribution in [2.75, 3.05) is 19.6 Å². The van der Waals surface area contributed by atoms with E-state index in [1.165, 1.54) is 6.07 Å². The van der Waals surface area contributed by atoms with Gasteiger partial charge in [0.15, 0.2) is 0 Å². The van der Waals surface area contributed by atoms with E-state index in [0.29, 0.717) is 31.2 Å². The lowest BCUT2D eigenvalue weighted by Gasteiger charge is -2.26. The van der Waals surface area contributed by atoms with Crippen molar-refractivity contribution in [2.45, 2.75) is 32.4 Å². The minimum atomic E-state index is -0.228. The molecule has 0 aromatic heterocycles. The number of halogens is 1. The summed E-state index contributed by atoms with van der Waals surface area (Å²) in [5.74, 6) is -0.105. The Hall–Kier alpha value is -1.68. The SMILES string of the molecule is C=CCN(CC(=O)N(CC)C1CC1)Cc1ccccc1F. The second kappa shape index (κ2) is 7.36. The molecular weight excluding hydrogens is 267 g/mol. The lowest BCUT2D eigenvalue weighted by Crippen LogP contribution is -2.41. The Labute approximate surface area is 126 Å². The Bertz CT molecular complexity index is 499. The van der Waals surface area contributed by atoms with Crippen LogP contribution in [-0.2, 0) is 11.3 Å². The fourth-order valence-electron chi connectivity index (χ4n) is 2.54. The molecule has 1 saturated carbocycles. The van der Waals surface area contributed by atoms with Gasteiger partial charge in [0, 0.05) is 31.2 Å². The molecule has 3 nitrogen and oxygen atoms in total. The Kier molecular flexibility index (Phi) is 5.51. The van der Waals surface area contributed by atoms with E-state index >= 15 is 0 Å². The zero-order valence-corrected chi connectivity index (χ0v) is 12.6. The van der Waals surface area contributed by atoms with Crippen molar-refractivity contribution >= 4 is 5.91 Å². The monoisotopic (exact) mass is 290 g/mol. The molecule has 1 fully saturated rings. The quantitative estimate of drug-likeness (QED) is 0.687. The first-order chi connectivity index (χ1) is 10.2. The number of carbonyl (C=O) groups excluding carboxylic acids is 1. The molecule has 1 aliphatic rings. The average molecular weight is 290 g/mol. The van der Waals surface area contributed by atoms with Gasteiger partial charge in [-0.1, -0.05) is 24.3 Å². The predicted molar refractivity (Wildman–Crippen MR) is 82.3 cm³/mol. The first-order valence-corrected chi connectivity index (χ1v) is 7.51. The molecule has 0 spiro atoms. The molecule has 0 radical (unpaired) electrons. The number of amides is 1. The number of carbonyl (C=O) groups is 1. The van der Waals surface area contributed by atoms with E-state index in [2.05, 4.69) is 6.58 Å². The summed E-state index contributed by atoms with van der Waals surface area (Å²) in [5, 5.41) is 0. The van der Waals surface area contributed by atoms with Crippen LogP contribution in [0.4, 0.5) is 4.39 Å². The van der Waals surface area contributed by atoms with E-state index in [1.54, 1.807) is 18.2 Å². The fourth-order valence-corrected chi connectivity index (χ4v) is 2.54. The standard InChI is InChI=1S/C17H23FN2O/c1-3-11-19(12-14-7-5-6-8-16(14)18)13-17(21)20(4-2)15-9-10-15/h3,5-8,15H,1,4,9-13H2,2H3. The number of hydrogen-bond acceptors (Lipinski definition) is 2. The third-order valence-electron chi connectivity index (χ3n) is 3.75. The van der Waals surface area contributed by atoms with E-state index < -0.39 is 0 Å². The summed E-state index contributed by atoms with van der Waals surface area (Å²) in [4.78, 5) is 16.2. The highest BCUT2D eigenvalue weighted by Gasteiger charge is 2.31. The molecule has 0 N–H and O–H groups in total. The maximum atomic E-state index is 13.7. The van der Waals surface area contributed by atoms with Crippen LogP contribution < -0.4 is 0 Å². The molecular formula is C17H23FN2O. The Morgan fingerprint density at radius 1 is 1.43 bits per heavy atom. The molecule has 0 aliphatic heterocycles. The zero-order chi connectivity index (χ0) is 15.2. The normalized spacial score (nSPS) is 14.2. The van der Waals surface area contributed by atoms with Crippen LogP contribution in [0.5, 0.6) is 0 Å². The average Bonchev–Trinajstić information content (AvgIpc) is 3.27. The summed E-state index contributed by atoms with van der Waals surface area (Å²) in [7, 11) is 0. The third-order valence-corrected chi connectivity index (χ3v) is 3.75. The summed E-state index contributed by atoms with van der Waals surface area (Å²) in [6.07, 6.45) is 3.96. The van der Waals surface area contributed by atoms with Gasteiger partial charge in [0.25, 0.3) is 0 Å². The maximum absolute atomic E-state index is 13.7. The minimum absolute atomic E-state index is 0.123. The van der Waals surface area contributed by atoms with E-state index in [1.807, 2.05) is 22.8 Å². The summed E-state index contributed by atoms with van der Waals surface area (Å²) >= 11 is 0. The summed E-state index contributed by atoms with van der Waals surface area (Å²) < 4.78 is 13.7. The predicted octanol–water partition coefficient (Wildman–Crippen LogP) is 2.82. The number of benzene rings is 1. The molecule has 0 atom stereocenters. The van der Waals surface area contributed by atoms with Crippen LogP contribution in [0.15, 0.2) is 36.9 Å². The van der Waals surface area contributed by atoms with Crippen LogP contribution >= 0.6 is 0 Å². The van der Waals surface area contributed by atoms with Crippen molar-refractivity contribution in [3.63, 3.8) is 0 Å². The number of rotatable bonds is 8. The molecule has 0 saturated heterocycles. The number of likely N-dealkylation sites (N-methyl/N-ethyl adjacent to an activating group) is 1. The molecule has 114 valence electrons. The van der Waals surface area contributed by atoms with Crippen molar-refractivity contribution in [1.29, 1.82) is 0 Å². The van der Waals surface area contributed by atoms with E-state index in [-0.39, 0.29) is 11.7 Å². The molecule has 4 heteroatoms.